The van der Waals surface area contributed by atoms with Gasteiger partial charge < -0.3 is 4.52 Å². The molecule has 0 saturated heterocycles. The molecule has 0 bridgehead atoms. The lowest BCUT2D eigenvalue weighted by Crippen LogP contribution is -2.23. The average molecular weight is 436 g/mol. The van der Waals surface area contributed by atoms with Gasteiger partial charge in [-0.2, -0.15) is 5.26 Å². The zero-order valence-electron chi connectivity index (χ0n) is 17.3. The van der Waals surface area contributed by atoms with E-state index in [1.165, 1.54) is 0 Å². The van der Waals surface area contributed by atoms with E-state index in [4.69, 9.17) is 9.79 Å². The molecule has 0 unspecified atom stereocenters. The number of hydrogen-bond donors (Lipinski definition) is 1. The third-order valence-corrected chi connectivity index (χ3v) is 7.76. The van der Waals surface area contributed by atoms with E-state index in [-0.39, 0.29) is 0 Å². The molecule has 0 saturated carbocycles. The largest absolute Gasteiger partial charge is 0.301 e. The van der Waals surface area contributed by atoms with E-state index in [0.29, 0.717) is 17.4 Å². The molecule has 0 radical (unpaired) electrons. The van der Waals surface area contributed by atoms with Crippen LogP contribution >= 0.6 is 7.52 Å². The fourth-order valence-electron chi connectivity index (χ4n) is 4.08. The van der Waals surface area contributed by atoms with Gasteiger partial charge in [0.25, 0.3) is 0 Å². The summed E-state index contributed by atoms with van der Waals surface area (Å²) in [6.07, 6.45) is -0.452. The van der Waals surface area contributed by atoms with Crippen LogP contribution in [-0.2, 0) is 15.6 Å². The van der Waals surface area contributed by atoms with Crippen LogP contribution in [0.5, 0.6) is 0 Å². The van der Waals surface area contributed by atoms with Crippen molar-refractivity contribution in [3.63, 3.8) is 0 Å². The first kappa shape index (κ1) is 20.4. The minimum absolute atomic E-state index is 0.397. The van der Waals surface area contributed by atoms with Gasteiger partial charge in [-0.25, -0.2) is 5.09 Å². The number of nitrogens with zero attached hydrogens (tertiary/aromatic N) is 1. The van der Waals surface area contributed by atoms with Crippen molar-refractivity contribution in [3.05, 3.63) is 125 Å². The lowest BCUT2D eigenvalue weighted by atomic mass is 10.1. The summed E-state index contributed by atoms with van der Waals surface area (Å²) in [6, 6.07) is 34.9. The van der Waals surface area contributed by atoms with Crippen LogP contribution < -0.4 is 10.4 Å². The summed E-state index contributed by atoms with van der Waals surface area (Å²) in [4.78, 5) is 0. The van der Waals surface area contributed by atoms with Gasteiger partial charge in [-0.15, -0.1) is 0 Å². The minimum Gasteiger partial charge on any atom is -0.301 e. The van der Waals surface area contributed by atoms with Crippen LogP contribution in [0.4, 0.5) is 0 Å². The van der Waals surface area contributed by atoms with Crippen molar-refractivity contribution in [3.8, 4) is 17.2 Å². The molecule has 32 heavy (non-hydrogen) atoms. The standard InChI is InChI=1S/C27H21N2O2P/c28-18-20-14-16-22(17-15-20)32(30,29-19-21-8-2-1-3-9-21)31-27-25-12-6-4-10-23(25)24-11-5-7-13-26(24)27/h1-17,27H,19H2,(H,29,30)/t32-/m0/s1. The smallest absolute Gasteiger partial charge is 0.300 e. The van der Waals surface area contributed by atoms with Crippen LogP contribution in [0.25, 0.3) is 11.1 Å². The topological polar surface area (TPSA) is 62.1 Å². The van der Waals surface area contributed by atoms with Crippen LogP contribution in [0.1, 0.15) is 28.4 Å². The third kappa shape index (κ3) is 3.79. The fourth-order valence-corrected chi connectivity index (χ4v) is 5.92. The quantitative estimate of drug-likeness (QED) is 0.379. The zero-order valence-corrected chi connectivity index (χ0v) is 18.2. The number of benzene rings is 4. The van der Waals surface area contributed by atoms with Gasteiger partial charge in [0, 0.05) is 6.54 Å². The normalized spacial score (nSPS) is 14.2. The van der Waals surface area contributed by atoms with Crippen molar-refractivity contribution in [2.45, 2.75) is 12.6 Å². The van der Waals surface area contributed by atoms with Gasteiger partial charge in [0.05, 0.1) is 16.9 Å². The lowest BCUT2D eigenvalue weighted by molar-refractivity contribution is 0.252. The highest BCUT2D eigenvalue weighted by Gasteiger charge is 2.36. The van der Waals surface area contributed by atoms with Gasteiger partial charge in [0.15, 0.2) is 0 Å². The molecule has 1 N–H and O–H groups in total. The second-order valence-electron chi connectivity index (χ2n) is 7.69. The molecule has 156 valence electrons. The van der Waals surface area contributed by atoms with Crippen LogP contribution in [0, 0.1) is 11.3 Å². The van der Waals surface area contributed by atoms with Crippen molar-refractivity contribution in [1.82, 2.24) is 5.09 Å². The molecule has 5 heteroatoms. The molecule has 0 aromatic heterocycles. The van der Waals surface area contributed by atoms with Gasteiger partial charge in [0.2, 0.25) is 0 Å². The van der Waals surface area contributed by atoms with Crippen molar-refractivity contribution in [2.24, 2.45) is 0 Å². The Morgan fingerprint density at radius 3 is 1.94 bits per heavy atom. The summed E-state index contributed by atoms with van der Waals surface area (Å²) in [6.45, 7) is 0.397. The summed E-state index contributed by atoms with van der Waals surface area (Å²) >= 11 is 0. The molecule has 0 spiro atoms. The highest BCUT2D eigenvalue weighted by molar-refractivity contribution is 7.65. The molecule has 4 aromatic carbocycles. The molecule has 1 aliphatic carbocycles. The molecular formula is C27H21N2O2P. The Morgan fingerprint density at radius 2 is 1.34 bits per heavy atom. The Morgan fingerprint density at radius 1 is 0.781 bits per heavy atom. The zero-order chi connectivity index (χ0) is 22.0. The fraction of sp³-hybridized carbons (Fsp3) is 0.0741. The number of nitrogens with one attached hydrogen (secondary N) is 1. The molecule has 4 aromatic rings. The van der Waals surface area contributed by atoms with Crippen molar-refractivity contribution >= 4 is 12.8 Å². The number of fused-ring (bicyclic) bond motifs is 3. The Balaban J connectivity index is 1.55. The van der Waals surface area contributed by atoms with E-state index in [9.17, 15) is 4.57 Å². The molecule has 1 aliphatic rings. The number of rotatable bonds is 6. The minimum atomic E-state index is -3.49. The van der Waals surface area contributed by atoms with E-state index >= 15 is 0 Å². The second kappa shape index (κ2) is 8.57. The van der Waals surface area contributed by atoms with E-state index in [2.05, 4.69) is 23.3 Å². The van der Waals surface area contributed by atoms with Gasteiger partial charge >= 0.3 is 7.52 Å². The summed E-state index contributed by atoms with van der Waals surface area (Å²) in [5.41, 5.74) is 5.73. The van der Waals surface area contributed by atoms with Gasteiger partial charge in [-0.3, -0.25) is 4.57 Å². The van der Waals surface area contributed by atoms with Gasteiger partial charge in [-0.1, -0.05) is 78.9 Å². The first-order chi connectivity index (χ1) is 15.7. The van der Waals surface area contributed by atoms with Crippen molar-refractivity contribution in [1.29, 1.82) is 5.26 Å². The molecule has 1 atom stereocenters. The van der Waals surface area contributed by atoms with Crippen LogP contribution in [-0.4, -0.2) is 0 Å². The Labute approximate surface area is 187 Å². The highest BCUT2D eigenvalue weighted by Crippen LogP contribution is 2.54. The summed E-state index contributed by atoms with van der Waals surface area (Å²) < 4.78 is 20.8. The highest BCUT2D eigenvalue weighted by atomic mass is 31.2. The van der Waals surface area contributed by atoms with Gasteiger partial charge in [0.1, 0.15) is 6.10 Å². The monoisotopic (exact) mass is 436 g/mol. The second-order valence-corrected chi connectivity index (χ2v) is 9.84. The third-order valence-electron chi connectivity index (χ3n) is 5.70. The Hall–Kier alpha value is -3.48. The van der Waals surface area contributed by atoms with Crippen molar-refractivity contribution in [2.75, 3.05) is 0 Å². The Kier molecular flexibility index (Phi) is 5.47. The molecule has 5 rings (SSSR count). The van der Waals surface area contributed by atoms with Gasteiger partial charge in [-0.05, 0) is 52.1 Å². The van der Waals surface area contributed by atoms with Crippen LogP contribution in [0.3, 0.4) is 0 Å². The SMILES string of the molecule is N#Cc1ccc([P@@](=O)(NCc2ccccc2)OC2c3ccccc3-c3ccccc32)cc1. The maximum absolute atomic E-state index is 14.3. The molecule has 0 heterocycles. The summed E-state index contributed by atoms with van der Waals surface area (Å²) in [7, 11) is -3.49. The van der Waals surface area contributed by atoms with E-state index in [1.807, 2.05) is 66.7 Å². The maximum atomic E-state index is 14.3. The molecule has 4 nitrogen and oxygen atoms in total. The Bertz CT molecular complexity index is 1300. The molecule has 0 fully saturated rings. The van der Waals surface area contributed by atoms with E-state index in [1.54, 1.807) is 24.3 Å². The first-order valence-corrected chi connectivity index (χ1v) is 12.1. The molecular weight excluding hydrogens is 415 g/mol. The summed E-state index contributed by atoms with van der Waals surface area (Å²) in [5, 5.41) is 12.9. The molecule has 0 aliphatic heterocycles. The maximum Gasteiger partial charge on any atom is 0.300 e. The average Bonchev–Trinajstić information content (AvgIpc) is 3.17. The van der Waals surface area contributed by atoms with Crippen LogP contribution in [0.15, 0.2) is 103 Å². The van der Waals surface area contributed by atoms with Crippen LogP contribution in [0.2, 0.25) is 0 Å². The number of hydrogen-bond acceptors (Lipinski definition) is 3. The van der Waals surface area contributed by atoms with E-state index in [0.717, 1.165) is 27.8 Å². The lowest BCUT2D eigenvalue weighted by Gasteiger charge is -2.25. The summed E-state index contributed by atoms with van der Waals surface area (Å²) in [5.74, 6) is 0. The first-order valence-electron chi connectivity index (χ1n) is 10.4. The number of nitriles is 1. The van der Waals surface area contributed by atoms with Crippen molar-refractivity contribution < 1.29 is 9.09 Å². The molecule has 0 amide bonds. The predicted molar refractivity (Wildman–Crippen MR) is 126 cm³/mol. The predicted octanol–water partition coefficient (Wildman–Crippen LogP) is 5.95. The van der Waals surface area contributed by atoms with E-state index < -0.39 is 13.6 Å².